The molecule has 3 heterocycles. The first-order valence-corrected chi connectivity index (χ1v) is 10.7. The summed E-state index contributed by atoms with van der Waals surface area (Å²) >= 11 is 1.89. The SMILES string of the molecule is COc1ccccc1-c1nc(NC(=O)CCCCC2SCC3NC(=O)NC32)n[nH]1. The number of hydrogen-bond acceptors (Lipinski definition) is 6. The van der Waals surface area contributed by atoms with E-state index in [9.17, 15) is 9.59 Å². The Bertz CT molecular complexity index is 888. The standard InChI is InChI=1S/C19H24N6O3S/c1-28-13-7-3-2-6-11(13)17-23-18(25-24-17)21-15(26)9-5-4-8-14-16-12(10-29-14)20-19(27)22-16/h2-3,6-7,12,14,16H,4-5,8-10H2,1H3,(H2,20,22,27)(H2,21,23,24,25,26). The van der Waals surface area contributed by atoms with E-state index >= 15 is 0 Å². The van der Waals surface area contributed by atoms with Crippen LogP contribution >= 0.6 is 11.8 Å². The van der Waals surface area contributed by atoms with Gasteiger partial charge in [-0.15, -0.1) is 5.10 Å². The second kappa shape index (κ2) is 8.73. The number of methoxy groups -OCH3 is 1. The fraction of sp³-hybridized carbons (Fsp3) is 0.474. The van der Waals surface area contributed by atoms with Crippen LogP contribution in [0, 0.1) is 0 Å². The maximum Gasteiger partial charge on any atom is 0.315 e. The van der Waals surface area contributed by atoms with Crippen LogP contribution in [-0.2, 0) is 4.79 Å². The molecule has 1 aromatic carbocycles. The molecular formula is C19H24N6O3S. The largest absolute Gasteiger partial charge is 0.496 e. The van der Waals surface area contributed by atoms with Crippen LogP contribution in [0.15, 0.2) is 24.3 Å². The number of carbonyl (C=O) groups is 2. The molecule has 3 atom stereocenters. The van der Waals surface area contributed by atoms with Crippen molar-refractivity contribution in [3.63, 3.8) is 0 Å². The Morgan fingerprint density at radius 3 is 3.03 bits per heavy atom. The number of hydrogen-bond donors (Lipinski definition) is 4. The molecule has 1 aromatic heterocycles. The van der Waals surface area contributed by atoms with E-state index < -0.39 is 0 Å². The molecule has 2 fully saturated rings. The maximum absolute atomic E-state index is 12.2. The lowest BCUT2D eigenvalue weighted by atomic mass is 10.0. The Balaban J connectivity index is 1.21. The van der Waals surface area contributed by atoms with Gasteiger partial charge in [-0.2, -0.15) is 16.7 Å². The van der Waals surface area contributed by atoms with E-state index in [4.69, 9.17) is 4.74 Å². The van der Waals surface area contributed by atoms with Gasteiger partial charge in [0.15, 0.2) is 5.82 Å². The quantitative estimate of drug-likeness (QED) is 0.386. The maximum atomic E-state index is 12.2. The van der Waals surface area contributed by atoms with Gasteiger partial charge in [0.1, 0.15) is 5.75 Å². The van der Waals surface area contributed by atoms with Crippen molar-refractivity contribution >= 4 is 29.6 Å². The minimum absolute atomic E-state index is 0.0660. The van der Waals surface area contributed by atoms with Gasteiger partial charge in [0.2, 0.25) is 11.9 Å². The minimum Gasteiger partial charge on any atom is -0.496 e. The summed E-state index contributed by atoms with van der Waals surface area (Å²) in [4.78, 5) is 28.0. The van der Waals surface area contributed by atoms with Crippen molar-refractivity contribution in [1.29, 1.82) is 0 Å². The summed E-state index contributed by atoms with van der Waals surface area (Å²) in [5.74, 6) is 2.32. The lowest BCUT2D eigenvalue weighted by molar-refractivity contribution is -0.116. The monoisotopic (exact) mass is 416 g/mol. The Morgan fingerprint density at radius 2 is 2.17 bits per heavy atom. The molecule has 0 radical (unpaired) electrons. The minimum atomic E-state index is -0.108. The Morgan fingerprint density at radius 1 is 1.31 bits per heavy atom. The molecule has 2 aliphatic rings. The van der Waals surface area contributed by atoms with Crippen molar-refractivity contribution < 1.29 is 14.3 Å². The fourth-order valence-corrected chi connectivity index (χ4v) is 5.28. The molecule has 10 heteroatoms. The number of ether oxygens (including phenoxy) is 1. The van der Waals surface area contributed by atoms with Crippen molar-refractivity contribution in [3.05, 3.63) is 24.3 Å². The van der Waals surface area contributed by atoms with E-state index in [0.29, 0.717) is 23.2 Å². The number of rotatable bonds is 8. The second-order valence-electron chi connectivity index (χ2n) is 7.12. The van der Waals surface area contributed by atoms with Crippen LogP contribution in [0.2, 0.25) is 0 Å². The number of aromatic amines is 1. The Hall–Kier alpha value is -2.75. The average Bonchev–Trinajstić information content (AvgIpc) is 3.42. The molecule has 29 heavy (non-hydrogen) atoms. The fourth-order valence-electron chi connectivity index (χ4n) is 3.74. The van der Waals surface area contributed by atoms with Crippen molar-refractivity contribution in [2.24, 2.45) is 0 Å². The Labute approximate surface area is 172 Å². The van der Waals surface area contributed by atoms with Crippen LogP contribution in [0.4, 0.5) is 10.7 Å². The summed E-state index contributed by atoms with van der Waals surface area (Å²) in [5, 5.41) is 16.0. The van der Waals surface area contributed by atoms with Crippen LogP contribution in [0.25, 0.3) is 11.4 Å². The molecule has 3 amide bonds. The second-order valence-corrected chi connectivity index (χ2v) is 8.40. The third kappa shape index (κ3) is 4.47. The van der Waals surface area contributed by atoms with E-state index in [1.54, 1.807) is 7.11 Å². The van der Waals surface area contributed by atoms with E-state index in [0.717, 1.165) is 30.6 Å². The average molecular weight is 417 g/mol. The Kier molecular flexibility index (Phi) is 5.89. The number of nitrogens with one attached hydrogen (secondary N) is 4. The van der Waals surface area contributed by atoms with E-state index in [2.05, 4.69) is 31.1 Å². The van der Waals surface area contributed by atoms with Crippen LogP contribution in [0.1, 0.15) is 25.7 Å². The van der Waals surface area contributed by atoms with Gasteiger partial charge in [0.25, 0.3) is 0 Å². The third-order valence-electron chi connectivity index (χ3n) is 5.18. The molecule has 2 saturated heterocycles. The van der Waals surface area contributed by atoms with Gasteiger partial charge in [-0.1, -0.05) is 18.6 Å². The zero-order valence-electron chi connectivity index (χ0n) is 16.1. The number of anilines is 1. The molecule has 4 N–H and O–H groups in total. The summed E-state index contributed by atoms with van der Waals surface area (Å²) in [5.41, 5.74) is 0.781. The summed E-state index contributed by atoms with van der Waals surface area (Å²) in [6, 6.07) is 7.86. The molecule has 2 aromatic rings. The molecule has 0 saturated carbocycles. The van der Waals surface area contributed by atoms with Crippen LogP contribution < -0.4 is 20.7 Å². The highest BCUT2D eigenvalue weighted by molar-refractivity contribution is 8.00. The van der Waals surface area contributed by atoms with Crippen LogP contribution in [0.3, 0.4) is 0 Å². The van der Waals surface area contributed by atoms with Gasteiger partial charge in [-0.25, -0.2) is 4.79 Å². The third-order valence-corrected chi connectivity index (χ3v) is 6.69. The summed E-state index contributed by atoms with van der Waals surface area (Å²) in [6.45, 7) is 0. The first kappa shape index (κ1) is 19.6. The van der Waals surface area contributed by atoms with Crippen molar-refractivity contribution in [2.75, 3.05) is 18.2 Å². The van der Waals surface area contributed by atoms with Gasteiger partial charge in [0.05, 0.1) is 24.8 Å². The number of thioether (sulfide) groups is 1. The number of nitrogens with zero attached hydrogens (tertiary/aromatic N) is 2. The van der Waals surface area contributed by atoms with Gasteiger partial charge in [-0.05, 0) is 25.0 Å². The van der Waals surface area contributed by atoms with Crippen molar-refractivity contribution in [2.45, 2.75) is 43.0 Å². The highest BCUT2D eigenvalue weighted by atomic mass is 32.2. The smallest absolute Gasteiger partial charge is 0.315 e. The molecular weight excluding hydrogens is 392 g/mol. The lowest BCUT2D eigenvalue weighted by Crippen LogP contribution is -2.36. The predicted molar refractivity (Wildman–Crippen MR) is 111 cm³/mol. The van der Waals surface area contributed by atoms with Gasteiger partial charge in [-0.3, -0.25) is 15.2 Å². The zero-order chi connectivity index (χ0) is 20.2. The predicted octanol–water partition coefficient (Wildman–Crippen LogP) is 2.14. The topological polar surface area (TPSA) is 121 Å². The number of amides is 3. The van der Waals surface area contributed by atoms with E-state index in [1.165, 1.54) is 0 Å². The number of para-hydroxylation sites is 1. The molecule has 0 spiro atoms. The number of benzene rings is 1. The lowest BCUT2D eigenvalue weighted by Gasteiger charge is -2.16. The highest BCUT2D eigenvalue weighted by Gasteiger charge is 2.42. The first-order valence-electron chi connectivity index (χ1n) is 9.68. The van der Waals surface area contributed by atoms with Crippen molar-refractivity contribution in [1.82, 2.24) is 25.8 Å². The van der Waals surface area contributed by atoms with Crippen LogP contribution in [-0.4, -0.2) is 57.3 Å². The van der Waals surface area contributed by atoms with Crippen LogP contribution in [0.5, 0.6) is 5.75 Å². The molecule has 154 valence electrons. The number of aromatic nitrogens is 3. The van der Waals surface area contributed by atoms with E-state index in [-0.39, 0.29) is 30.0 Å². The zero-order valence-corrected chi connectivity index (χ0v) is 16.9. The molecule has 2 aliphatic heterocycles. The normalized spacial score (nSPS) is 22.7. The number of urea groups is 1. The molecule has 3 unspecified atom stereocenters. The molecule has 0 aliphatic carbocycles. The van der Waals surface area contributed by atoms with E-state index in [1.807, 2.05) is 36.0 Å². The number of fused-ring (bicyclic) bond motifs is 1. The number of unbranched alkanes of at least 4 members (excludes halogenated alkanes) is 1. The molecule has 4 rings (SSSR count). The molecule has 0 bridgehead atoms. The van der Waals surface area contributed by atoms with Gasteiger partial charge >= 0.3 is 6.03 Å². The van der Waals surface area contributed by atoms with Gasteiger partial charge < -0.3 is 15.4 Å². The summed E-state index contributed by atoms with van der Waals surface area (Å²) in [6.07, 6.45) is 3.12. The summed E-state index contributed by atoms with van der Waals surface area (Å²) in [7, 11) is 1.60. The molecule has 9 nitrogen and oxygen atoms in total. The number of H-pyrrole nitrogens is 1. The summed E-state index contributed by atoms with van der Waals surface area (Å²) < 4.78 is 5.33. The number of carbonyl (C=O) groups excluding carboxylic acids is 2. The highest BCUT2D eigenvalue weighted by Crippen LogP contribution is 2.33. The van der Waals surface area contributed by atoms with Gasteiger partial charge in [0, 0.05) is 17.4 Å². The van der Waals surface area contributed by atoms with Crippen molar-refractivity contribution in [3.8, 4) is 17.1 Å². The first-order chi connectivity index (χ1) is 14.1.